The third kappa shape index (κ3) is 4.36. The van der Waals surface area contributed by atoms with Crippen molar-refractivity contribution in [3.8, 4) is 0 Å². The lowest BCUT2D eigenvalue weighted by molar-refractivity contribution is 0.455. The van der Waals surface area contributed by atoms with Gasteiger partial charge in [-0.3, -0.25) is 0 Å². The molecule has 0 spiro atoms. The molecule has 1 saturated carbocycles. The molecule has 2 N–H and O–H groups in total. The lowest BCUT2D eigenvalue weighted by Gasteiger charge is -2.20. The van der Waals surface area contributed by atoms with Gasteiger partial charge in [-0.25, -0.2) is 0 Å². The first-order chi connectivity index (χ1) is 7.77. The van der Waals surface area contributed by atoms with Gasteiger partial charge in [-0.1, -0.05) is 59.1 Å². The molecule has 1 aromatic rings. The van der Waals surface area contributed by atoms with E-state index in [1.54, 1.807) is 0 Å². The molecular weight excluding hydrogens is 218 g/mol. The fourth-order valence-corrected chi connectivity index (χ4v) is 2.70. The van der Waals surface area contributed by atoms with E-state index in [1.807, 2.05) is 0 Å². The van der Waals surface area contributed by atoms with Crippen molar-refractivity contribution in [1.29, 1.82) is 0 Å². The van der Waals surface area contributed by atoms with Crippen LogP contribution in [0.2, 0.25) is 0 Å². The topological polar surface area (TPSA) is 26.0 Å². The summed E-state index contributed by atoms with van der Waals surface area (Å²) < 4.78 is 0. The highest BCUT2D eigenvalue weighted by Crippen LogP contribution is 2.32. The Bertz CT molecular complexity index is 335. The third-order valence-corrected chi connectivity index (χ3v) is 3.88. The molecule has 1 heteroatoms. The van der Waals surface area contributed by atoms with E-state index in [-0.39, 0.29) is 14.9 Å². The summed E-state index contributed by atoms with van der Waals surface area (Å²) in [5, 5.41) is 0. The number of hydrogen-bond acceptors (Lipinski definition) is 1. The van der Waals surface area contributed by atoms with E-state index in [0.717, 1.165) is 11.6 Å². The Morgan fingerprint density at radius 1 is 0.944 bits per heavy atom. The fourth-order valence-electron chi connectivity index (χ4n) is 2.70. The van der Waals surface area contributed by atoms with E-state index in [2.05, 4.69) is 25.1 Å². The van der Waals surface area contributed by atoms with Crippen molar-refractivity contribution in [3.63, 3.8) is 0 Å². The molecule has 1 aromatic carbocycles. The number of nitrogens with two attached hydrogens (primary N) is 1. The molecule has 0 heterocycles. The van der Waals surface area contributed by atoms with Crippen molar-refractivity contribution in [2.45, 2.75) is 72.6 Å². The van der Waals surface area contributed by atoms with Crippen LogP contribution >= 0.6 is 0 Å². The summed E-state index contributed by atoms with van der Waals surface area (Å²) >= 11 is 0. The molecule has 18 heavy (non-hydrogen) atoms. The summed E-state index contributed by atoms with van der Waals surface area (Å²) in [4.78, 5) is 0. The van der Waals surface area contributed by atoms with Crippen LogP contribution in [0.15, 0.2) is 18.2 Å². The predicted octanol–water partition coefficient (Wildman–Crippen LogP) is 5.68. The standard InChI is InChI=1S/C15H23N.2CH4/c1-12-9-10-14(11-15(12)16)13-7-5-3-2-4-6-8-13;;/h9-11,13H,2-8,16H2,1H3;2*1H4. The van der Waals surface area contributed by atoms with Gasteiger partial charge in [0, 0.05) is 5.69 Å². The maximum atomic E-state index is 6.00. The molecule has 1 aliphatic rings. The van der Waals surface area contributed by atoms with E-state index in [9.17, 15) is 0 Å². The zero-order valence-electron chi connectivity index (χ0n) is 10.3. The highest BCUT2D eigenvalue weighted by molar-refractivity contribution is 5.49. The Balaban J connectivity index is 0.00000144. The molecule has 0 bridgehead atoms. The molecule has 1 nitrogen and oxygen atoms in total. The minimum absolute atomic E-state index is 0. The highest BCUT2D eigenvalue weighted by Gasteiger charge is 2.13. The lowest BCUT2D eigenvalue weighted by Crippen LogP contribution is -2.03. The molecule has 0 radical (unpaired) electrons. The molecule has 0 saturated heterocycles. The molecule has 0 unspecified atom stereocenters. The van der Waals surface area contributed by atoms with Crippen LogP contribution in [-0.2, 0) is 0 Å². The number of rotatable bonds is 1. The van der Waals surface area contributed by atoms with Crippen LogP contribution in [0.3, 0.4) is 0 Å². The van der Waals surface area contributed by atoms with Crippen molar-refractivity contribution in [1.82, 2.24) is 0 Å². The molecule has 0 amide bonds. The van der Waals surface area contributed by atoms with Gasteiger partial charge in [-0.15, -0.1) is 0 Å². The van der Waals surface area contributed by atoms with Crippen molar-refractivity contribution in [3.05, 3.63) is 29.3 Å². The Morgan fingerprint density at radius 2 is 1.50 bits per heavy atom. The van der Waals surface area contributed by atoms with E-state index >= 15 is 0 Å². The van der Waals surface area contributed by atoms with Crippen molar-refractivity contribution >= 4 is 5.69 Å². The summed E-state index contributed by atoms with van der Waals surface area (Å²) in [6.45, 7) is 2.08. The normalized spacial score (nSPS) is 16.9. The second-order valence-electron chi connectivity index (χ2n) is 5.16. The van der Waals surface area contributed by atoms with Crippen LogP contribution < -0.4 is 5.73 Å². The SMILES string of the molecule is C.C.Cc1ccc(C2CCCCCCC2)cc1N. The molecule has 1 aliphatic carbocycles. The fraction of sp³-hybridized carbons (Fsp3) is 0.647. The summed E-state index contributed by atoms with van der Waals surface area (Å²) in [7, 11) is 0. The van der Waals surface area contributed by atoms with Crippen molar-refractivity contribution in [2.75, 3.05) is 5.73 Å². The summed E-state index contributed by atoms with van der Waals surface area (Å²) in [5.74, 6) is 0.753. The predicted molar refractivity (Wildman–Crippen MR) is 84.1 cm³/mol. The largest absolute Gasteiger partial charge is 0.399 e. The minimum atomic E-state index is 0. The van der Waals surface area contributed by atoms with Gasteiger partial charge in [-0.2, -0.15) is 0 Å². The van der Waals surface area contributed by atoms with Gasteiger partial charge in [0.2, 0.25) is 0 Å². The molecule has 0 atom stereocenters. The van der Waals surface area contributed by atoms with Crippen LogP contribution in [0.1, 0.15) is 76.8 Å². The molecular formula is C17H31N. The molecule has 0 aromatic heterocycles. The van der Waals surface area contributed by atoms with Gasteiger partial charge in [0.05, 0.1) is 0 Å². The first-order valence-electron chi connectivity index (χ1n) is 6.63. The summed E-state index contributed by atoms with van der Waals surface area (Å²) in [5.41, 5.74) is 9.62. The van der Waals surface area contributed by atoms with Crippen molar-refractivity contribution < 1.29 is 0 Å². The second kappa shape index (κ2) is 8.18. The molecule has 0 aliphatic heterocycles. The Morgan fingerprint density at radius 3 is 2.06 bits per heavy atom. The van der Waals surface area contributed by atoms with Crippen LogP contribution in [0, 0.1) is 6.92 Å². The van der Waals surface area contributed by atoms with E-state index in [1.165, 1.54) is 56.1 Å². The summed E-state index contributed by atoms with van der Waals surface area (Å²) in [6.07, 6.45) is 9.74. The van der Waals surface area contributed by atoms with Gasteiger partial charge in [-0.05, 0) is 42.9 Å². The van der Waals surface area contributed by atoms with Crippen LogP contribution in [-0.4, -0.2) is 0 Å². The van der Waals surface area contributed by atoms with Crippen LogP contribution in [0.25, 0.3) is 0 Å². The maximum Gasteiger partial charge on any atom is 0.0346 e. The first-order valence-corrected chi connectivity index (χ1v) is 6.63. The second-order valence-corrected chi connectivity index (χ2v) is 5.16. The van der Waals surface area contributed by atoms with E-state index in [0.29, 0.717) is 0 Å². The summed E-state index contributed by atoms with van der Waals surface area (Å²) in [6, 6.07) is 6.64. The number of anilines is 1. The maximum absolute atomic E-state index is 6.00. The van der Waals surface area contributed by atoms with E-state index in [4.69, 9.17) is 5.73 Å². The van der Waals surface area contributed by atoms with Crippen LogP contribution in [0.4, 0.5) is 5.69 Å². The molecule has 104 valence electrons. The number of aryl methyl sites for hydroxylation is 1. The minimum Gasteiger partial charge on any atom is -0.399 e. The first kappa shape index (κ1) is 17.0. The average Bonchev–Trinajstić information content (AvgIpc) is 2.22. The van der Waals surface area contributed by atoms with E-state index < -0.39 is 0 Å². The quantitative estimate of drug-likeness (QED) is 0.637. The zero-order chi connectivity index (χ0) is 11.4. The zero-order valence-corrected chi connectivity index (χ0v) is 10.3. The van der Waals surface area contributed by atoms with Gasteiger partial charge < -0.3 is 5.73 Å². The number of nitrogen functional groups attached to an aromatic ring is 1. The Hall–Kier alpha value is -0.980. The molecule has 2 rings (SSSR count). The monoisotopic (exact) mass is 249 g/mol. The van der Waals surface area contributed by atoms with Crippen molar-refractivity contribution in [2.24, 2.45) is 0 Å². The Kier molecular flexibility index (Phi) is 7.73. The van der Waals surface area contributed by atoms with Gasteiger partial charge in [0.15, 0.2) is 0 Å². The third-order valence-electron chi connectivity index (χ3n) is 3.88. The number of benzene rings is 1. The van der Waals surface area contributed by atoms with Gasteiger partial charge in [0.25, 0.3) is 0 Å². The van der Waals surface area contributed by atoms with Crippen LogP contribution in [0.5, 0.6) is 0 Å². The Labute approximate surface area is 114 Å². The van der Waals surface area contributed by atoms with Gasteiger partial charge >= 0.3 is 0 Å². The highest BCUT2D eigenvalue weighted by atomic mass is 14.6. The van der Waals surface area contributed by atoms with Gasteiger partial charge in [0.1, 0.15) is 0 Å². The molecule has 1 fully saturated rings. The average molecular weight is 249 g/mol. The number of hydrogen-bond donors (Lipinski definition) is 1. The smallest absolute Gasteiger partial charge is 0.0346 e. The lowest BCUT2D eigenvalue weighted by atomic mass is 9.85.